The quantitative estimate of drug-likeness (QED) is 0.361. The number of nitrogens with zero attached hydrogens (tertiary/aromatic N) is 1. The van der Waals surface area contributed by atoms with Gasteiger partial charge in [0.15, 0.2) is 0 Å². The maximum Gasteiger partial charge on any atom is 0.331 e. The Kier molecular flexibility index (Phi) is 3.77. The molecule has 1 aliphatic rings. The second-order valence-corrected chi connectivity index (χ2v) is 3.24. The molecule has 0 heterocycles. The Bertz CT molecular complexity index is 171. The highest BCUT2D eigenvalue weighted by atomic mass is 16.7. The summed E-state index contributed by atoms with van der Waals surface area (Å²) in [5.74, 6) is 0.181. The van der Waals surface area contributed by atoms with Crippen LogP contribution in [0.4, 0.5) is 0 Å². The van der Waals surface area contributed by atoms with Crippen molar-refractivity contribution in [3.63, 3.8) is 0 Å². The van der Waals surface area contributed by atoms with E-state index in [1.165, 1.54) is 39.0 Å². The first-order chi connectivity index (χ1) is 5.79. The summed E-state index contributed by atoms with van der Waals surface area (Å²) in [7, 11) is 0. The van der Waals surface area contributed by atoms with Crippen LogP contribution in [-0.2, 0) is 9.63 Å². The number of rotatable bonds is 2. The number of carbonyl (C=O) groups excluding carboxylic acids is 1. The smallest absolute Gasteiger partial charge is 0.319 e. The number of carbonyl (C=O) groups is 1. The fourth-order valence-electron chi connectivity index (χ4n) is 1.47. The van der Waals surface area contributed by atoms with Crippen LogP contribution in [0, 0.1) is 5.92 Å². The Morgan fingerprint density at radius 1 is 1.42 bits per heavy atom. The first-order valence-electron chi connectivity index (χ1n) is 4.50. The van der Waals surface area contributed by atoms with Crippen LogP contribution >= 0.6 is 0 Å². The Balaban J connectivity index is 2.19. The summed E-state index contributed by atoms with van der Waals surface area (Å²) in [5, 5.41) is 3.62. The highest BCUT2D eigenvalue weighted by molar-refractivity contribution is 5.67. The highest BCUT2D eigenvalue weighted by Crippen LogP contribution is 2.21. The minimum atomic E-state index is -0.345. The van der Waals surface area contributed by atoms with E-state index in [-0.39, 0.29) is 5.97 Å². The average molecular weight is 169 g/mol. The molecule has 12 heavy (non-hydrogen) atoms. The lowest BCUT2D eigenvalue weighted by Crippen LogP contribution is -2.07. The highest BCUT2D eigenvalue weighted by Gasteiger charge is 2.10. The van der Waals surface area contributed by atoms with Crippen LogP contribution < -0.4 is 0 Å². The standard InChI is InChI=1S/C9H15NO2/c1-8(11)12-10-7-9-5-3-2-4-6-9/h7,9H,2-6H2,1H3/b10-7+. The number of oxime groups is 1. The van der Waals surface area contributed by atoms with Gasteiger partial charge in [0.05, 0.1) is 0 Å². The maximum absolute atomic E-state index is 10.3. The predicted molar refractivity (Wildman–Crippen MR) is 46.8 cm³/mol. The van der Waals surface area contributed by atoms with Crippen molar-refractivity contribution in [2.45, 2.75) is 39.0 Å². The van der Waals surface area contributed by atoms with E-state index in [1.807, 2.05) is 0 Å². The van der Waals surface area contributed by atoms with Gasteiger partial charge in [0, 0.05) is 13.1 Å². The lowest BCUT2D eigenvalue weighted by Gasteiger charge is -2.16. The molecule has 0 unspecified atom stereocenters. The monoisotopic (exact) mass is 169 g/mol. The molecule has 3 heteroatoms. The van der Waals surface area contributed by atoms with Crippen molar-refractivity contribution in [1.29, 1.82) is 0 Å². The van der Waals surface area contributed by atoms with Gasteiger partial charge in [-0.15, -0.1) is 0 Å². The topological polar surface area (TPSA) is 38.7 Å². The zero-order chi connectivity index (χ0) is 8.81. The third-order valence-corrected chi connectivity index (χ3v) is 2.10. The van der Waals surface area contributed by atoms with Crippen molar-refractivity contribution in [2.24, 2.45) is 11.1 Å². The summed E-state index contributed by atoms with van der Waals surface area (Å²) >= 11 is 0. The molecule has 0 aromatic carbocycles. The molecule has 0 aromatic rings. The van der Waals surface area contributed by atoms with Crippen molar-refractivity contribution in [2.75, 3.05) is 0 Å². The lowest BCUT2D eigenvalue weighted by atomic mass is 9.90. The van der Waals surface area contributed by atoms with E-state index in [9.17, 15) is 4.79 Å². The van der Waals surface area contributed by atoms with Gasteiger partial charge in [0.2, 0.25) is 0 Å². The molecule has 0 N–H and O–H groups in total. The molecule has 0 atom stereocenters. The van der Waals surface area contributed by atoms with Crippen LogP contribution in [0.15, 0.2) is 5.16 Å². The Morgan fingerprint density at radius 3 is 2.67 bits per heavy atom. The van der Waals surface area contributed by atoms with E-state index in [2.05, 4.69) is 9.99 Å². The van der Waals surface area contributed by atoms with Gasteiger partial charge >= 0.3 is 5.97 Å². The van der Waals surface area contributed by atoms with Crippen molar-refractivity contribution in [3.05, 3.63) is 0 Å². The summed E-state index contributed by atoms with van der Waals surface area (Å²) in [6, 6.07) is 0. The third-order valence-electron chi connectivity index (χ3n) is 2.10. The lowest BCUT2D eigenvalue weighted by molar-refractivity contribution is -0.140. The molecule has 1 fully saturated rings. The number of hydrogen-bond donors (Lipinski definition) is 0. The Labute approximate surface area is 72.8 Å². The van der Waals surface area contributed by atoms with E-state index in [0.29, 0.717) is 5.92 Å². The summed E-state index contributed by atoms with van der Waals surface area (Å²) in [6.07, 6.45) is 8.02. The molecule has 0 amide bonds. The molecule has 68 valence electrons. The van der Waals surface area contributed by atoms with E-state index < -0.39 is 0 Å². The first kappa shape index (κ1) is 9.23. The van der Waals surface area contributed by atoms with Gasteiger partial charge < -0.3 is 4.84 Å². The molecule has 0 aliphatic heterocycles. The summed E-state index contributed by atoms with van der Waals surface area (Å²) in [6.45, 7) is 1.36. The van der Waals surface area contributed by atoms with Gasteiger partial charge in [-0.3, -0.25) is 0 Å². The first-order valence-corrected chi connectivity index (χ1v) is 4.50. The normalized spacial score (nSPS) is 19.8. The SMILES string of the molecule is CC(=O)O/N=C/C1CCCCC1. The molecule has 0 radical (unpaired) electrons. The molecule has 1 aliphatic carbocycles. The molecule has 0 bridgehead atoms. The largest absolute Gasteiger partial charge is 0.331 e. The van der Waals surface area contributed by atoms with Crippen molar-refractivity contribution >= 4 is 12.2 Å². The zero-order valence-electron chi connectivity index (χ0n) is 7.45. The Morgan fingerprint density at radius 2 is 2.08 bits per heavy atom. The van der Waals surface area contributed by atoms with E-state index in [0.717, 1.165) is 0 Å². The van der Waals surface area contributed by atoms with Crippen molar-refractivity contribution < 1.29 is 9.63 Å². The van der Waals surface area contributed by atoms with Crippen LogP contribution in [0.3, 0.4) is 0 Å². The third kappa shape index (κ3) is 3.51. The molecule has 3 nitrogen and oxygen atoms in total. The molecular weight excluding hydrogens is 154 g/mol. The number of hydrogen-bond acceptors (Lipinski definition) is 3. The molecular formula is C9H15NO2. The average Bonchev–Trinajstić information content (AvgIpc) is 2.05. The molecule has 1 rings (SSSR count). The minimum absolute atomic E-state index is 0.345. The summed E-state index contributed by atoms with van der Waals surface area (Å²) in [5.41, 5.74) is 0. The fourth-order valence-corrected chi connectivity index (χ4v) is 1.47. The molecule has 0 spiro atoms. The van der Waals surface area contributed by atoms with Gasteiger partial charge in [-0.25, -0.2) is 4.79 Å². The second-order valence-electron chi connectivity index (χ2n) is 3.24. The van der Waals surface area contributed by atoms with Gasteiger partial charge in [-0.05, 0) is 18.8 Å². The van der Waals surface area contributed by atoms with E-state index in [1.54, 1.807) is 6.21 Å². The van der Waals surface area contributed by atoms with Crippen LogP contribution in [0.1, 0.15) is 39.0 Å². The van der Waals surface area contributed by atoms with Crippen LogP contribution in [0.2, 0.25) is 0 Å². The minimum Gasteiger partial charge on any atom is -0.319 e. The van der Waals surface area contributed by atoms with E-state index in [4.69, 9.17) is 0 Å². The summed E-state index contributed by atoms with van der Waals surface area (Å²) in [4.78, 5) is 14.8. The second kappa shape index (κ2) is 4.91. The Hall–Kier alpha value is -0.860. The van der Waals surface area contributed by atoms with Gasteiger partial charge in [0.1, 0.15) is 0 Å². The molecule has 1 saturated carbocycles. The van der Waals surface area contributed by atoms with Gasteiger partial charge in [-0.1, -0.05) is 24.4 Å². The van der Waals surface area contributed by atoms with Crippen molar-refractivity contribution in [3.8, 4) is 0 Å². The molecule has 0 aromatic heterocycles. The maximum atomic E-state index is 10.3. The zero-order valence-corrected chi connectivity index (χ0v) is 7.45. The van der Waals surface area contributed by atoms with Gasteiger partial charge in [-0.2, -0.15) is 0 Å². The van der Waals surface area contributed by atoms with E-state index >= 15 is 0 Å². The molecule has 0 saturated heterocycles. The van der Waals surface area contributed by atoms with Crippen LogP contribution in [0.25, 0.3) is 0 Å². The fraction of sp³-hybridized carbons (Fsp3) is 0.778. The van der Waals surface area contributed by atoms with Crippen LogP contribution in [-0.4, -0.2) is 12.2 Å². The summed E-state index contributed by atoms with van der Waals surface area (Å²) < 4.78 is 0. The van der Waals surface area contributed by atoms with Crippen LogP contribution in [0.5, 0.6) is 0 Å². The van der Waals surface area contributed by atoms with Crippen molar-refractivity contribution in [1.82, 2.24) is 0 Å². The van der Waals surface area contributed by atoms with Gasteiger partial charge in [0.25, 0.3) is 0 Å². The predicted octanol–water partition coefficient (Wildman–Crippen LogP) is 2.12.